The van der Waals surface area contributed by atoms with E-state index in [1.807, 2.05) is 11.9 Å². The van der Waals surface area contributed by atoms with E-state index < -0.39 is 11.7 Å². The summed E-state index contributed by atoms with van der Waals surface area (Å²) >= 11 is 0. The van der Waals surface area contributed by atoms with Crippen LogP contribution < -0.4 is 14.8 Å². The third kappa shape index (κ3) is 4.87. The van der Waals surface area contributed by atoms with E-state index in [1.54, 1.807) is 0 Å². The predicted octanol–water partition coefficient (Wildman–Crippen LogP) is 2.75. The Morgan fingerprint density at radius 3 is 2.79 bits per heavy atom. The van der Waals surface area contributed by atoms with Gasteiger partial charge in [0.1, 0.15) is 0 Å². The third-order valence-corrected chi connectivity index (χ3v) is 5.41. The monoisotopic (exact) mass is 401 g/mol. The summed E-state index contributed by atoms with van der Waals surface area (Å²) in [7, 11) is 3.28. The van der Waals surface area contributed by atoms with Gasteiger partial charge in [-0.05, 0) is 44.8 Å². The molecule has 2 fully saturated rings. The number of methoxy groups -OCH3 is 1. The molecule has 1 saturated carbocycles. The highest BCUT2D eigenvalue weighted by Gasteiger charge is 2.39. The lowest BCUT2D eigenvalue weighted by atomic mass is 10.1. The molecule has 2 atom stereocenters. The lowest BCUT2D eigenvalue weighted by Crippen LogP contribution is -2.41. The summed E-state index contributed by atoms with van der Waals surface area (Å²) in [6.45, 7) is 0.925. The Morgan fingerprint density at radius 1 is 1.39 bits per heavy atom. The van der Waals surface area contributed by atoms with Crippen LogP contribution in [0.25, 0.3) is 0 Å². The molecule has 28 heavy (non-hydrogen) atoms. The molecule has 1 aromatic heterocycles. The number of alkyl halides is 2. The number of ether oxygens (including phenoxy) is 2. The molecule has 3 rings (SSSR count). The van der Waals surface area contributed by atoms with Crippen molar-refractivity contribution in [2.45, 2.75) is 50.6 Å². The van der Waals surface area contributed by atoms with Crippen molar-refractivity contribution in [1.82, 2.24) is 15.2 Å². The van der Waals surface area contributed by atoms with Gasteiger partial charge in [0.25, 0.3) is 5.88 Å². The van der Waals surface area contributed by atoms with E-state index in [9.17, 15) is 18.0 Å². The maximum atomic E-state index is 14.4. The Bertz CT molecular complexity index is 717. The van der Waals surface area contributed by atoms with E-state index in [-0.39, 0.29) is 55.6 Å². The first-order valence-corrected chi connectivity index (χ1v) is 9.51. The number of rotatable bonds is 7. The van der Waals surface area contributed by atoms with E-state index >= 15 is 0 Å². The first-order chi connectivity index (χ1) is 13.3. The average molecular weight is 401 g/mol. The molecule has 1 saturated heterocycles. The molecule has 1 N–H and O–H groups in total. The number of pyridine rings is 1. The molecular formula is C19H26F3N3O3. The molecule has 0 spiro atoms. The van der Waals surface area contributed by atoms with Crippen LogP contribution >= 0.6 is 0 Å². The van der Waals surface area contributed by atoms with Gasteiger partial charge in [-0.1, -0.05) is 0 Å². The second kappa shape index (κ2) is 8.55. The Hall–Kier alpha value is -2.03. The Kier molecular flexibility index (Phi) is 6.32. The number of likely N-dealkylation sites (N-methyl/N-ethyl adjacent to an activating group) is 1. The van der Waals surface area contributed by atoms with Gasteiger partial charge in [-0.25, -0.2) is 13.2 Å². The van der Waals surface area contributed by atoms with Gasteiger partial charge < -0.3 is 14.8 Å². The summed E-state index contributed by atoms with van der Waals surface area (Å²) in [6.07, 6.45) is 1.66. The van der Waals surface area contributed by atoms with Crippen molar-refractivity contribution in [2.24, 2.45) is 5.92 Å². The van der Waals surface area contributed by atoms with Crippen molar-refractivity contribution in [3.8, 4) is 11.8 Å². The lowest BCUT2D eigenvalue weighted by Gasteiger charge is -2.19. The molecule has 156 valence electrons. The average Bonchev–Trinajstić information content (AvgIpc) is 3.23. The molecule has 1 unspecified atom stereocenters. The maximum absolute atomic E-state index is 14.4. The zero-order valence-electron chi connectivity index (χ0n) is 16.1. The maximum Gasteiger partial charge on any atom is 0.253 e. The van der Waals surface area contributed by atoms with Crippen LogP contribution in [0.4, 0.5) is 13.2 Å². The second-order valence-corrected chi connectivity index (χ2v) is 7.58. The fraction of sp³-hybridized carbons (Fsp3) is 0.684. The highest BCUT2D eigenvalue weighted by molar-refractivity contribution is 5.82. The van der Waals surface area contributed by atoms with E-state index in [4.69, 9.17) is 9.47 Å². The van der Waals surface area contributed by atoms with Gasteiger partial charge in [0.15, 0.2) is 5.82 Å². The van der Waals surface area contributed by atoms with Crippen molar-refractivity contribution in [1.29, 1.82) is 0 Å². The Morgan fingerprint density at radius 2 is 2.18 bits per heavy atom. The van der Waals surface area contributed by atoms with Crippen molar-refractivity contribution < 1.29 is 27.4 Å². The number of halogens is 3. The minimum Gasteiger partial charge on any atom is -0.481 e. The van der Waals surface area contributed by atoms with E-state index in [0.717, 1.165) is 19.4 Å². The van der Waals surface area contributed by atoms with Gasteiger partial charge >= 0.3 is 0 Å². The molecular weight excluding hydrogens is 375 g/mol. The minimum atomic E-state index is -2.67. The number of carbonyl (C=O) groups is 1. The van der Waals surface area contributed by atoms with Crippen LogP contribution in [0.15, 0.2) is 6.07 Å². The van der Waals surface area contributed by atoms with Crippen LogP contribution in [-0.2, 0) is 11.3 Å². The number of nitrogens with one attached hydrogen (secondary N) is 1. The molecule has 1 aliphatic carbocycles. The van der Waals surface area contributed by atoms with Crippen LogP contribution in [0.5, 0.6) is 11.8 Å². The van der Waals surface area contributed by atoms with E-state index in [1.165, 1.54) is 13.2 Å². The molecule has 0 aromatic carbocycles. The van der Waals surface area contributed by atoms with Crippen molar-refractivity contribution in [2.75, 3.05) is 27.3 Å². The van der Waals surface area contributed by atoms with E-state index in [0.29, 0.717) is 12.0 Å². The van der Waals surface area contributed by atoms with Gasteiger partial charge in [0, 0.05) is 24.9 Å². The zero-order chi connectivity index (χ0) is 20.3. The summed E-state index contributed by atoms with van der Waals surface area (Å²) in [6, 6.07) is 1.01. The highest BCUT2D eigenvalue weighted by atomic mass is 19.3. The van der Waals surface area contributed by atoms with Crippen LogP contribution in [0.3, 0.4) is 0 Å². The second-order valence-electron chi connectivity index (χ2n) is 7.58. The summed E-state index contributed by atoms with van der Waals surface area (Å²) in [5.74, 6) is -3.99. The summed E-state index contributed by atoms with van der Waals surface area (Å²) < 4.78 is 51.4. The zero-order valence-corrected chi connectivity index (χ0v) is 16.1. The normalized spacial score (nSPS) is 24.3. The number of carbonyl (C=O) groups excluding carboxylic acids is 1. The predicted molar refractivity (Wildman–Crippen MR) is 96.0 cm³/mol. The molecule has 1 aliphatic heterocycles. The number of hydrogen-bond acceptors (Lipinski definition) is 5. The first kappa shape index (κ1) is 20.7. The molecule has 2 aliphatic rings. The summed E-state index contributed by atoms with van der Waals surface area (Å²) in [4.78, 5) is 18.3. The van der Waals surface area contributed by atoms with E-state index in [2.05, 4.69) is 10.3 Å². The molecule has 1 amide bonds. The van der Waals surface area contributed by atoms with Crippen molar-refractivity contribution >= 4 is 5.91 Å². The SMILES string of the molecule is COc1nc(OCC2CCC(F)(F)C2)c(F)cc1CNC(=O)[C@@H]1CCCN1C. The molecule has 0 bridgehead atoms. The highest BCUT2D eigenvalue weighted by Crippen LogP contribution is 2.39. The molecule has 1 aromatic rings. The number of nitrogens with zero attached hydrogens (tertiary/aromatic N) is 2. The summed E-state index contributed by atoms with van der Waals surface area (Å²) in [5.41, 5.74) is 0.383. The third-order valence-electron chi connectivity index (χ3n) is 5.41. The van der Waals surface area contributed by atoms with Gasteiger partial charge in [-0.3, -0.25) is 9.69 Å². The van der Waals surface area contributed by atoms with Crippen LogP contribution in [0.1, 0.15) is 37.7 Å². The number of amides is 1. The number of likely N-dealkylation sites (tertiary alicyclic amines) is 1. The standard InChI is InChI=1S/C19H26F3N3O3/c1-25-7-3-4-15(25)16(26)23-10-13-8-14(20)18(24-17(13)27-2)28-11-12-5-6-19(21,22)9-12/h8,12,15H,3-7,9-11H2,1-2H3,(H,23,26)/t12?,15-/m0/s1. The van der Waals surface area contributed by atoms with Crippen LogP contribution in [0, 0.1) is 11.7 Å². The number of hydrogen-bond donors (Lipinski definition) is 1. The van der Waals surface area contributed by atoms with Gasteiger partial charge in [-0.15, -0.1) is 0 Å². The molecule has 6 nitrogen and oxygen atoms in total. The van der Waals surface area contributed by atoms with Crippen molar-refractivity contribution in [3.05, 3.63) is 17.4 Å². The first-order valence-electron chi connectivity index (χ1n) is 9.51. The molecule has 9 heteroatoms. The quantitative estimate of drug-likeness (QED) is 0.761. The van der Waals surface area contributed by atoms with Gasteiger partial charge in [-0.2, -0.15) is 4.98 Å². The summed E-state index contributed by atoms with van der Waals surface area (Å²) in [5, 5.41) is 2.79. The Balaban J connectivity index is 1.60. The van der Waals surface area contributed by atoms with Gasteiger partial charge in [0.05, 0.1) is 19.8 Å². The largest absolute Gasteiger partial charge is 0.481 e. The van der Waals surface area contributed by atoms with Gasteiger partial charge in [0.2, 0.25) is 17.7 Å². The Labute approximate surface area is 162 Å². The lowest BCUT2D eigenvalue weighted by molar-refractivity contribution is -0.125. The molecule has 0 radical (unpaired) electrons. The smallest absolute Gasteiger partial charge is 0.253 e. The minimum absolute atomic E-state index is 0.0211. The fourth-order valence-electron chi connectivity index (χ4n) is 3.82. The van der Waals surface area contributed by atoms with Crippen molar-refractivity contribution in [3.63, 3.8) is 0 Å². The van der Waals surface area contributed by atoms with Crippen LogP contribution in [-0.4, -0.2) is 55.1 Å². The number of aromatic nitrogens is 1. The molecule has 2 heterocycles. The van der Waals surface area contributed by atoms with Crippen LogP contribution in [0.2, 0.25) is 0 Å². The topological polar surface area (TPSA) is 63.7 Å². The fourth-order valence-corrected chi connectivity index (χ4v) is 3.82.